The van der Waals surface area contributed by atoms with E-state index < -0.39 is 18.1 Å². The van der Waals surface area contributed by atoms with Gasteiger partial charge in [0.2, 0.25) is 0 Å². The van der Waals surface area contributed by atoms with Gasteiger partial charge in [-0.25, -0.2) is 0 Å². The molecule has 0 N–H and O–H groups in total. The molecule has 0 saturated heterocycles. The van der Waals surface area contributed by atoms with Crippen LogP contribution >= 0.6 is 0 Å². The summed E-state index contributed by atoms with van der Waals surface area (Å²) in [4.78, 5) is 11.7. The molecule has 0 radical (unpaired) electrons. The first kappa shape index (κ1) is 13.5. The van der Waals surface area contributed by atoms with Gasteiger partial charge in [-0.1, -0.05) is 30.3 Å². The quantitative estimate of drug-likeness (QED) is 0.801. The van der Waals surface area contributed by atoms with Crippen LogP contribution in [-0.2, 0) is 11.2 Å². The third-order valence-corrected chi connectivity index (χ3v) is 2.60. The maximum Gasteiger partial charge on any atom is 0.471 e. The maximum absolute atomic E-state index is 12.2. The number of benzene rings is 1. The first-order chi connectivity index (χ1) is 7.82. The molecule has 0 fully saturated rings. The summed E-state index contributed by atoms with van der Waals surface area (Å²) in [6.07, 6.45) is -4.40. The first-order valence-corrected chi connectivity index (χ1v) is 5.20. The molecule has 1 aromatic rings. The van der Waals surface area contributed by atoms with E-state index in [-0.39, 0.29) is 0 Å². The molecule has 0 aromatic heterocycles. The molecule has 0 aliphatic carbocycles. The first-order valence-electron chi connectivity index (χ1n) is 5.20. The largest absolute Gasteiger partial charge is 0.471 e. The fraction of sp³-hybridized carbons (Fsp3) is 0.417. The van der Waals surface area contributed by atoms with Crippen LogP contribution in [0.1, 0.15) is 12.5 Å². The van der Waals surface area contributed by atoms with Crippen molar-refractivity contribution in [1.82, 2.24) is 4.90 Å². The third kappa shape index (κ3) is 3.76. The van der Waals surface area contributed by atoms with Crippen molar-refractivity contribution in [3.8, 4) is 0 Å². The third-order valence-electron chi connectivity index (χ3n) is 2.60. The number of carbonyl (C=O) groups is 1. The van der Waals surface area contributed by atoms with Crippen LogP contribution in [0.4, 0.5) is 13.2 Å². The minimum atomic E-state index is -4.81. The normalized spacial score (nSPS) is 13.2. The lowest BCUT2D eigenvalue weighted by Gasteiger charge is -2.25. The molecule has 1 atom stereocenters. The fourth-order valence-corrected chi connectivity index (χ4v) is 1.49. The lowest BCUT2D eigenvalue weighted by molar-refractivity contribution is -0.185. The topological polar surface area (TPSA) is 20.3 Å². The minimum Gasteiger partial charge on any atom is -0.335 e. The number of likely N-dealkylation sites (N-methyl/N-ethyl adjacent to an activating group) is 1. The second kappa shape index (κ2) is 5.21. The summed E-state index contributed by atoms with van der Waals surface area (Å²) < 4.78 is 36.6. The highest BCUT2D eigenvalue weighted by atomic mass is 19.4. The van der Waals surface area contributed by atoms with Gasteiger partial charge in [-0.05, 0) is 18.9 Å². The van der Waals surface area contributed by atoms with Crippen LogP contribution in [0.25, 0.3) is 0 Å². The SMILES string of the molecule is CC(Cc1ccccc1)N(C)C(=O)C(F)(F)F. The van der Waals surface area contributed by atoms with Crippen LogP contribution in [0.3, 0.4) is 0 Å². The summed E-state index contributed by atoms with van der Waals surface area (Å²) in [5.74, 6) is -1.80. The Balaban J connectivity index is 2.65. The zero-order valence-electron chi connectivity index (χ0n) is 9.66. The molecule has 0 aliphatic rings. The number of rotatable bonds is 3. The fourth-order valence-electron chi connectivity index (χ4n) is 1.49. The van der Waals surface area contributed by atoms with Crippen molar-refractivity contribution in [3.63, 3.8) is 0 Å². The summed E-state index contributed by atoms with van der Waals surface area (Å²) in [5.41, 5.74) is 0.904. The predicted octanol–water partition coefficient (Wildman–Crippen LogP) is 2.64. The second-order valence-corrected chi connectivity index (χ2v) is 3.95. The molecule has 0 bridgehead atoms. The van der Waals surface area contributed by atoms with Crippen molar-refractivity contribution < 1.29 is 18.0 Å². The van der Waals surface area contributed by atoms with Crippen LogP contribution in [0.2, 0.25) is 0 Å². The Morgan fingerprint density at radius 1 is 1.29 bits per heavy atom. The van der Waals surface area contributed by atoms with Crippen LogP contribution < -0.4 is 0 Å². The minimum absolute atomic E-state index is 0.402. The predicted molar refractivity (Wildman–Crippen MR) is 58.4 cm³/mol. The van der Waals surface area contributed by atoms with E-state index in [4.69, 9.17) is 0 Å². The van der Waals surface area contributed by atoms with Crippen molar-refractivity contribution in [2.45, 2.75) is 25.6 Å². The molecule has 1 amide bonds. The second-order valence-electron chi connectivity index (χ2n) is 3.95. The summed E-state index contributed by atoms with van der Waals surface area (Å²) in [7, 11) is 1.17. The molecule has 0 aliphatic heterocycles. The molecule has 0 spiro atoms. The van der Waals surface area contributed by atoms with Gasteiger partial charge >= 0.3 is 12.1 Å². The number of carbonyl (C=O) groups excluding carboxylic acids is 1. The smallest absolute Gasteiger partial charge is 0.335 e. The molecule has 17 heavy (non-hydrogen) atoms. The molecule has 1 rings (SSSR count). The lowest BCUT2D eigenvalue weighted by Crippen LogP contribution is -2.44. The van der Waals surface area contributed by atoms with Gasteiger partial charge in [0.1, 0.15) is 0 Å². The van der Waals surface area contributed by atoms with E-state index in [9.17, 15) is 18.0 Å². The lowest BCUT2D eigenvalue weighted by atomic mass is 10.1. The van der Waals surface area contributed by atoms with E-state index >= 15 is 0 Å². The number of hydrogen-bond donors (Lipinski definition) is 0. The maximum atomic E-state index is 12.2. The Labute approximate surface area is 98.0 Å². The Kier molecular flexibility index (Phi) is 4.15. The highest BCUT2D eigenvalue weighted by Gasteiger charge is 2.42. The number of hydrogen-bond acceptors (Lipinski definition) is 1. The Bertz CT molecular complexity index is 375. The summed E-state index contributed by atoms with van der Waals surface area (Å²) in [6, 6.07) is 8.61. The van der Waals surface area contributed by atoms with Gasteiger partial charge in [-0.2, -0.15) is 13.2 Å². The summed E-state index contributed by atoms with van der Waals surface area (Å²) in [6.45, 7) is 1.59. The molecule has 0 saturated carbocycles. The van der Waals surface area contributed by atoms with Crippen LogP contribution in [0.15, 0.2) is 30.3 Å². The van der Waals surface area contributed by atoms with E-state index in [1.165, 1.54) is 7.05 Å². The van der Waals surface area contributed by atoms with Gasteiger partial charge < -0.3 is 4.90 Å². The number of amides is 1. The number of alkyl halides is 3. The van der Waals surface area contributed by atoms with E-state index in [2.05, 4.69) is 0 Å². The van der Waals surface area contributed by atoms with E-state index in [0.29, 0.717) is 6.42 Å². The van der Waals surface area contributed by atoms with Crippen LogP contribution in [0, 0.1) is 0 Å². The van der Waals surface area contributed by atoms with E-state index in [1.807, 2.05) is 30.3 Å². The zero-order valence-corrected chi connectivity index (χ0v) is 9.66. The Morgan fingerprint density at radius 3 is 2.29 bits per heavy atom. The number of nitrogens with zero attached hydrogens (tertiary/aromatic N) is 1. The van der Waals surface area contributed by atoms with Gasteiger partial charge in [0, 0.05) is 13.1 Å². The van der Waals surface area contributed by atoms with Gasteiger partial charge in [0.05, 0.1) is 0 Å². The van der Waals surface area contributed by atoms with Crippen LogP contribution in [-0.4, -0.2) is 30.1 Å². The van der Waals surface area contributed by atoms with Crippen molar-refractivity contribution in [2.24, 2.45) is 0 Å². The molecule has 94 valence electrons. The van der Waals surface area contributed by atoms with Gasteiger partial charge in [0.25, 0.3) is 0 Å². The van der Waals surface area contributed by atoms with Gasteiger partial charge in [-0.15, -0.1) is 0 Å². The van der Waals surface area contributed by atoms with E-state index in [0.717, 1.165) is 10.5 Å². The van der Waals surface area contributed by atoms with Crippen molar-refractivity contribution in [3.05, 3.63) is 35.9 Å². The molecule has 1 unspecified atom stereocenters. The number of halogens is 3. The molecular formula is C12H14F3NO. The molecule has 2 nitrogen and oxygen atoms in total. The Hall–Kier alpha value is -1.52. The van der Waals surface area contributed by atoms with E-state index in [1.54, 1.807) is 6.92 Å². The molecule has 1 aromatic carbocycles. The molecular weight excluding hydrogens is 231 g/mol. The standard InChI is InChI=1S/C12H14F3NO/c1-9(8-10-6-4-3-5-7-10)16(2)11(17)12(13,14)15/h3-7,9H,8H2,1-2H3. The zero-order chi connectivity index (χ0) is 13.1. The summed E-state index contributed by atoms with van der Waals surface area (Å²) in [5, 5.41) is 0. The van der Waals surface area contributed by atoms with Crippen molar-refractivity contribution in [1.29, 1.82) is 0 Å². The van der Waals surface area contributed by atoms with Gasteiger partial charge in [0.15, 0.2) is 0 Å². The van der Waals surface area contributed by atoms with Crippen molar-refractivity contribution >= 4 is 5.91 Å². The van der Waals surface area contributed by atoms with Crippen molar-refractivity contribution in [2.75, 3.05) is 7.05 Å². The highest BCUT2D eigenvalue weighted by molar-refractivity contribution is 5.81. The Morgan fingerprint density at radius 2 is 1.82 bits per heavy atom. The average Bonchev–Trinajstić information content (AvgIpc) is 2.27. The molecule has 5 heteroatoms. The van der Waals surface area contributed by atoms with Crippen LogP contribution in [0.5, 0.6) is 0 Å². The monoisotopic (exact) mass is 245 g/mol. The van der Waals surface area contributed by atoms with Gasteiger partial charge in [-0.3, -0.25) is 4.79 Å². The highest BCUT2D eigenvalue weighted by Crippen LogP contribution is 2.19. The summed E-state index contributed by atoms with van der Waals surface area (Å²) >= 11 is 0. The average molecular weight is 245 g/mol. The molecule has 0 heterocycles.